The number of carboxylic acid groups (broad SMARTS) is 1. The molecule has 1 saturated heterocycles. The maximum absolute atomic E-state index is 13.3. The molecule has 0 spiro atoms. The molecule has 2 fully saturated rings. The van der Waals surface area contributed by atoms with E-state index in [4.69, 9.17) is 9.84 Å². The van der Waals surface area contributed by atoms with Crippen molar-refractivity contribution in [3.05, 3.63) is 0 Å². The van der Waals surface area contributed by atoms with Gasteiger partial charge in [0.05, 0.1) is 19.3 Å². The summed E-state index contributed by atoms with van der Waals surface area (Å²) >= 11 is 0. The summed E-state index contributed by atoms with van der Waals surface area (Å²) in [5, 5.41) is 10.9. The highest BCUT2D eigenvalue weighted by atomic mass is 19.4. The topological polar surface area (TPSA) is 82.1 Å². The Balaban J connectivity index is 1.91. The summed E-state index contributed by atoms with van der Waals surface area (Å²) in [6.07, 6.45) is -2.47. The lowest BCUT2D eigenvalue weighted by Crippen LogP contribution is -2.57. The van der Waals surface area contributed by atoms with Crippen LogP contribution in [0.4, 0.5) is 18.0 Å². The summed E-state index contributed by atoms with van der Waals surface area (Å²) < 4.78 is 45.6. The molecule has 1 aliphatic heterocycles. The summed E-state index contributed by atoms with van der Waals surface area (Å²) in [6.45, 7) is 0.648. The van der Waals surface area contributed by atoms with Crippen molar-refractivity contribution in [1.82, 2.24) is 15.1 Å². The largest absolute Gasteiger partial charge is 0.480 e. The van der Waals surface area contributed by atoms with Crippen LogP contribution >= 0.6 is 0 Å². The molecule has 2 rings (SSSR count). The molecular formula is C16H26F3N3O4. The molecule has 2 atom stereocenters. The number of carboxylic acids is 1. The first-order valence-electron chi connectivity index (χ1n) is 8.81. The number of alkyl halides is 3. The van der Waals surface area contributed by atoms with Crippen LogP contribution in [0.2, 0.25) is 0 Å². The van der Waals surface area contributed by atoms with Crippen LogP contribution in [0, 0.1) is 5.92 Å². The lowest BCUT2D eigenvalue weighted by atomic mass is 9.98. The number of aliphatic carboxylic acids is 1. The molecule has 2 amide bonds. The van der Waals surface area contributed by atoms with Gasteiger partial charge in [-0.05, 0) is 25.8 Å². The number of hydrogen-bond donors (Lipinski definition) is 2. The monoisotopic (exact) mass is 381 g/mol. The van der Waals surface area contributed by atoms with Crippen molar-refractivity contribution in [1.29, 1.82) is 0 Å². The second kappa shape index (κ2) is 8.90. The van der Waals surface area contributed by atoms with Crippen molar-refractivity contribution < 1.29 is 32.6 Å². The minimum absolute atomic E-state index is 0.130. The van der Waals surface area contributed by atoms with Crippen molar-refractivity contribution in [2.45, 2.75) is 44.0 Å². The summed E-state index contributed by atoms with van der Waals surface area (Å²) in [4.78, 5) is 25.9. The minimum Gasteiger partial charge on any atom is -0.480 e. The standard InChI is InChI=1S/C16H26F3N3O4/c1-21(10-13(23)24)8-12-9-22(6-7-26-12)15(25)20-14(16(17,18)19)11-4-2-3-5-11/h11-12,14H,2-10H2,1H3,(H,20,25)(H,23,24). The Morgan fingerprint density at radius 2 is 2.00 bits per heavy atom. The van der Waals surface area contributed by atoms with E-state index in [1.165, 1.54) is 9.80 Å². The second-order valence-corrected chi connectivity index (χ2v) is 7.04. The molecule has 10 heteroatoms. The highest BCUT2D eigenvalue weighted by Gasteiger charge is 2.46. The lowest BCUT2D eigenvalue weighted by molar-refractivity contribution is -0.165. The van der Waals surface area contributed by atoms with Gasteiger partial charge in [-0.2, -0.15) is 13.2 Å². The number of carbonyl (C=O) groups excluding carboxylic acids is 1. The fraction of sp³-hybridized carbons (Fsp3) is 0.875. The van der Waals surface area contributed by atoms with E-state index >= 15 is 0 Å². The van der Waals surface area contributed by atoms with Gasteiger partial charge in [-0.15, -0.1) is 0 Å². The summed E-state index contributed by atoms with van der Waals surface area (Å²) in [7, 11) is 1.61. The number of nitrogens with zero attached hydrogens (tertiary/aromatic N) is 2. The number of halogens is 3. The first-order valence-corrected chi connectivity index (χ1v) is 8.81. The molecule has 7 nitrogen and oxygen atoms in total. The van der Waals surface area contributed by atoms with Crippen LogP contribution in [0.5, 0.6) is 0 Å². The minimum atomic E-state index is -4.47. The van der Waals surface area contributed by atoms with Gasteiger partial charge < -0.3 is 20.1 Å². The number of ether oxygens (including phenoxy) is 1. The van der Waals surface area contributed by atoms with Crippen LogP contribution in [0.3, 0.4) is 0 Å². The number of amides is 2. The molecule has 0 aromatic heterocycles. The maximum atomic E-state index is 13.3. The van der Waals surface area contributed by atoms with Gasteiger partial charge in [0.25, 0.3) is 0 Å². The van der Waals surface area contributed by atoms with Crippen LogP contribution in [0.15, 0.2) is 0 Å². The molecule has 0 radical (unpaired) electrons. The first kappa shape index (κ1) is 20.8. The van der Waals surface area contributed by atoms with Crippen molar-refractivity contribution in [3.63, 3.8) is 0 Å². The molecule has 1 aliphatic carbocycles. The second-order valence-electron chi connectivity index (χ2n) is 7.04. The third-order valence-electron chi connectivity index (χ3n) is 4.85. The number of urea groups is 1. The van der Waals surface area contributed by atoms with Crippen LogP contribution in [-0.2, 0) is 9.53 Å². The molecule has 2 N–H and O–H groups in total. The highest BCUT2D eigenvalue weighted by molar-refractivity contribution is 5.74. The fourth-order valence-corrected chi connectivity index (χ4v) is 3.64. The summed E-state index contributed by atoms with van der Waals surface area (Å²) in [5.74, 6) is -1.56. The fourth-order valence-electron chi connectivity index (χ4n) is 3.64. The molecule has 0 bridgehead atoms. The van der Waals surface area contributed by atoms with Gasteiger partial charge >= 0.3 is 18.2 Å². The normalized spacial score (nSPS) is 23.3. The zero-order valence-corrected chi connectivity index (χ0v) is 14.8. The molecule has 2 unspecified atom stereocenters. The van der Waals surface area contributed by atoms with E-state index in [0.29, 0.717) is 12.8 Å². The Kier molecular flexibility index (Phi) is 7.10. The average molecular weight is 381 g/mol. The number of hydrogen-bond acceptors (Lipinski definition) is 4. The average Bonchev–Trinajstić information content (AvgIpc) is 3.04. The predicted octanol–water partition coefficient (Wildman–Crippen LogP) is 1.53. The predicted molar refractivity (Wildman–Crippen MR) is 86.8 cm³/mol. The zero-order chi connectivity index (χ0) is 19.3. The Morgan fingerprint density at radius 1 is 1.35 bits per heavy atom. The van der Waals surface area contributed by atoms with Gasteiger partial charge in [0.1, 0.15) is 6.04 Å². The number of morpholine rings is 1. The Labute approximate surface area is 150 Å². The lowest BCUT2D eigenvalue weighted by Gasteiger charge is -2.36. The van der Waals surface area contributed by atoms with E-state index in [2.05, 4.69) is 5.32 Å². The zero-order valence-electron chi connectivity index (χ0n) is 14.8. The van der Waals surface area contributed by atoms with Crippen LogP contribution in [0.25, 0.3) is 0 Å². The SMILES string of the molecule is CN(CC(=O)O)CC1CN(C(=O)NC(C2CCCC2)C(F)(F)F)CCO1. The summed E-state index contributed by atoms with van der Waals surface area (Å²) in [5.41, 5.74) is 0. The van der Waals surface area contributed by atoms with Crippen molar-refractivity contribution in [3.8, 4) is 0 Å². The van der Waals surface area contributed by atoms with Crippen LogP contribution in [0.1, 0.15) is 25.7 Å². The van der Waals surface area contributed by atoms with Crippen molar-refractivity contribution in [2.75, 3.05) is 39.8 Å². The van der Waals surface area contributed by atoms with E-state index in [0.717, 1.165) is 12.8 Å². The Hall–Kier alpha value is -1.55. The Morgan fingerprint density at radius 3 is 2.58 bits per heavy atom. The van der Waals surface area contributed by atoms with E-state index in [1.54, 1.807) is 7.05 Å². The number of rotatable bonds is 6. The molecule has 1 saturated carbocycles. The number of likely N-dealkylation sites (N-methyl/N-ethyl adjacent to an activating group) is 1. The molecule has 26 heavy (non-hydrogen) atoms. The molecule has 0 aromatic rings. The van der Waals surface area contributed by atoms with Gasteiger partial charge in [0, 0.05) is 19.6 Å². The Bertz CT molecular complexity index is 498. The van der Waals surface area contributed by atoms with E-state index in [1.807, 2.05) is 0 Å². The maximum Gasteiger partial charge on any atom is 0.408 e. The summed E-state index contributed by atoms with van der Waals surface area (Å²) in [6, 6.07) is -2.57. The number of carbonyl (C=O) groups is 2. The van der Waals surface area contributed by atoms with Gasteiger partial charge in [0.15, 0.2) is 0 Å². The van der Waals surface area contributed by atoms with Crippen LogP contribution in [-0.4, -0.2) is 85.1 Å². The molecule has 2 aliphatic rings. The molecule has 0 aromatic carbocycles. The number of nitrogens with one attached hydrogen (secondary N) is 1. The van der Waals surface area contributed by atoms with E-state index < -0.39 is 36.2 Å². The molecular weight excluding hydrogens is 355 g/mol. The third kappa shape index (κ3) is 6.01. The third-order valence-corrected chi connectivity index (χ3v) is 4.85. The van der Waals surface area contributed by atoms with Gasteiger partial charge in [-0.3, -0.25) is 9.69 Å². The smallest absolute Gasteiger partial charge is 0.408 e. The molecule has 150 valence electrons. The van der Waals surface area contributed by atoms with Gasteiger partial charge in [0.2, 0.25) is 0 Å². The van der Waals surface area contributed by atoms with E-state index in [-0.39, 0.29) is 32.8 Å². The quantitative estimate of drug-likeness (QED) is 0.729. The van der Waals surface area contributed by atoms with Crippen LogP contribution < -0.4 is 5.32 Å². The van der Waals surface area contributed by atoms with Gasteiger partial charge in [-0.1, -0.05) is 12.8 Å². The first-order chi connectivity index (χ1) is 12.2. The van der Waals surface area contributed by atoms with Crippen molar-refractivity contribution >= 4 is 12.0 Å². The van der Waals surface area contributed by atoms with Gasteiger partial charge in [-0.25, -0.2) is 4.79 Å². The highest BCUT2D eigenvalue weighted by Crippen LogP contribution is 2.35. The van der Waals surface area contributed by atoms with Crippen molar-refractivity contribution in [2.24, 2.45) is 5.92 Å². The van der Waals surface area contributed by atoms with E-state index in [9.17, 15) is 22.8 Å². The molecule has 1 heterocycles.